The molecule has 2 aliphatic heterocycles. The summed E-state index contributed by atoms with van der Waals surface area (Å²) in [6.45, 7) is 7.81. The second-order valence-electron chi connectivity index (χ2n) is 8.70. The summed E-state index contributed by atoms with van der Waals surface area (Å²) in [5.41, 5.74) is 10.1. The summed E-state index contributed by atoms with van der Waals surface area (Å²) in [4.78, 5) is 22.4. The highest BCUT2D eigenvalue weighted by Gasteiger charge is 2.28. The van der Waals surface area contributed by atoms with Gasteiger partial charge in [-0.25, -0.2) is 9.97 Å². The molecule has 35 heavy (non-hydrogen) atoms. The van der Waals surface area contributed by atoms with Crippen LogP contribution in [0, 0.1) is 0 Å². The van der Waals surface area contributed by atoms with Crippen molar-refractivity contribution < 1.29 is 4.74 Å². The molecule has 0 amide bonds. The monoisotopic (exact) mass is 473 g/mol. The van der Waals surface area contributed by atoms with E-state index in [2.05, 4.69) is 54.4 Å². The molecule has 182 valence electrons. The number of imidazole rings is 1. The van der Waals surface area contributed by atoms with E-state index in [9.17, 15) is 0 Å². The molecule has 2 saturated heterocycles. The molecule has 0 unspecified atom stereocenters. The molecule has 0 atom stereocenters. The summed E-state index contributed by atoms with van der Waals surface area (Å²) < 4.78 is 7.28. The summed E-state index contributed by atoms with van der Waals surface area (Å²) in [6, 6.07) is 9.11. The molecule has 4 heterocycles. The first kappa shape index (κ1) is 23.0. The molecule has 0 spiro atoms. The Hall–Kier alpha value is -3.76. The molecule has 0 saturated carbocycles. The number of nitrogens with zero attached hydrogens (tertiary/aromatic N) is 7. The van der Waals surface area contributed by atoms with E-state index < -0.39 is 0 Å². The Labute approximate surface area is 204 Å². The number of rotatable bonds is 7. The molecule has 5 rings (SSSR count). The number of nitrogens with one attached hydrogen (secondary N) is 1. The smallest absolute Gasteiger partial charge is 0.180 e. The van der Waals surface area contributed by atoms with Gasteiger partial charge in [0.2, 0.25) is 0 Å². The van der Waals surface area contributed by atoms with Crippen molar-refractivity contribution in [2.75, 3.05) is 56.7 Å². The number of hydrogen-bond donors (Lipinski definition) is 2. The number of ether oxygens (including phenoxy) is 1. The fraction of sp³-hybridized carbons (Fsp3) is 0.360. The number of piperazine rings is 1. The van der Waals surface area contributed by atoms with Gasteiger partial charge in [-0.05, 0) is 37.3 Å². The second-order valence-corrected chi connectivity index (χ2v) is 8.70. The Balaban J connectivity index is 1.28. The van der Waals surface area contributed by atoms with Crippen molar-refractivity contribution in [2.24, 2.45) is 15.7 Å². The largest absolute Gasteiger partial charge is 0.383 e. The van der Waals surface area contributed by atoms with Crippen LogP contribution in [0.25, 0.3) is 11.7 Å². The molecule has 0 radical (unpaired) electrons. The first-order valence-corrected chi connectivity index (χ1v) is 11.8. The normalized spacial score (nSPS) is 18.4. The van der Waals surface area contributed by atoms with Crippen LogP contribution in [0.3, 0.4) is 0 Å². The minimum atomic E-state index is 0.410. The Morgan fingerprint density at radius 3 is 2.63 bits per heavy atom. The van der Waals surface area contributed by atoms with Gasteiger partial charge in [0.1, 0.15) is 5.84 Å². The highest BCUT2D eigenvalue weighted by atomic mass is 16.5. The third-order valence-electron chi connectivity index (χ3n) is 6.46. The molecule has 2 aromatic heterocycles. The van der Waals surface area contributed by atoms with Crippen LogP contribution in [0.5, 0.6) is 0 Å². The lowest BCUT2D eigenvalue weighted by Crippen LogP contribution is -2.56. The molecule has 10 heteroatoms. The zero-order chi connectivity index (χ0) is 24.2. The standard InChI is InChI=1S/C25H31N9O/c1-18(23(26)27-2)28-8-7-20-15-34-10-9-29-25(34)24(31-20)30-19-3-5-21(6-4-19)32-11-13-33(14-12-32)22-16-35-17-22/h3-10,15,22H,11-14,16-17H2,1-2H3,(H2,26,27)(H,30,31)/b8-7+,28-18-. The maximum absolute atomic E-state index is 5.79. The van der Waals surface area contributed by atoms with Gasteiger partial charge < -0.3 is 25.1 Å². The molecule has 2 fully saturated rings. The number of aliphatic imine (C=N–C) groups is 2. The van der Waals surface area contributed by atoms with E-state index in [-0.39, 0.29) is 0 Å². The highest BCUT2D eigenvalue weighted by molar-refractivity contribution is 6.40. The summed E-state index contributed by atoms with van der Waals surface area (Å²) in [5.74, 6) is 1.09. The van der Waals surface area contributed by atoms with E-state index in [4.69, 9.17) is 15.5 Å². The number of aromatic nitrogens is 3. The van der Waals surface area contributed by atoms with Gasteiger partial charge in [0.15, 0.2) is 11.5 Å². The number of amidine groups is 1. The van der Waals surface area contributed by atoms with Gasteiger partial charge in [-0.15, -0.1) is 0 Å². The van der Waals surface area contributed by atoms with Crippen molar-refractivity contribution in [3.63, 3.8) is 0 Å². The van der Waals surface area contributed by atoms with Crippen molar-refractivity contribution in [1.82, 2.24) is 19.3 Å². The third-order valence-corrected chi connectivity index (χ3v) is 6.46. The van der Waals surface area contributed by atoms with Crippen molar-refractivity contribution in [3.8, 4) is 0 Å². The van der Waals surface area contributed by atoms with Crippen LogP contribution in [0.4, 0.5) is 17.2 Å². The van der Waals surface area contributed by atoms with Crippen LogP contribution in [0.2, 0.25) is 0 Å². The first-order valence-electron chi connectivity index (χ1n) is 11.8. The molecule has 2 aliphatic rings. The van der Waals surface area contributed by atoms with E-state index in [1.165, 1.54) is 5.69 Å². The maximum atomic E-state index is 5.79. The molecule has 10 nitrogen and oxygen atoms in total. The quantitative estimate of drug-likeness (QED) is 0.401. The molecular formula is C25H31N9O. The van der Waals surface area contributed by atoms with Crippen molar-refractivity contribution >= 4 is 40.5 Å². The van der Waals surface area contributed by atoms with Gasteiger partial charge >= 0.3 is 0 Å². The third kappa shape index (κ3) is 5.18. The minimum absolute atomic E-state index is 0.410. The Kier molecular flexibility index (Phi) is 6.73. The van der Waals surface area contributed by atoms with Crippen molar-refractivity contribution in [2.45, 2.75) is 13.0 Å². The van der Waals surface area contributed by atoms with Gasteiger partial charge in [-0.1, -0.05) is 0 Å². The predicted octanol–water partition coefficient (Wildman–Crippen LogP) is 2.41. The van der Waals surface area contributed by atoms with Crippen molar-refractivity contribution in [3.05, 3.63) is 54.7 Å². The topological polar surface area (TPSA) is 109 Å². The van der Waals surface area contributed by atoms with Crippen LogP contribution in [-0.2, 0) is 4.74 Å². The van der Waals surface area contributed by atoms with Gasteiger partial charge in [-0.2, -0.15) is 0 Å². The number of hydrogen-bond acceptors (Lipinski definition) is 8. The van der Waals surface area contributed by atoms with Crippen LogP contribution < -0.4 is 16.0 Å². The number of nitrogens with two attached hydrogens (primary N) is 1. The minimum Gasteiger partial charge on any atom is -0.383 e. The Bertz CT molecular complexity index is 1250. The molecule has 3 N–H and O–H groups in total. The first-order chi connectivity index (χ1) is 17.1. The lowest BCUT2D eigenvalue weighted by molar-refractivity contribution is -0.0660. The van der Waals surface area contributed by atoms with E-state index in [0.717, 1.165) is 56.4 Å². The number of anilines is 3. The zero-order valence-corrected chi connectivity index (χ0v) is 20.1. The number of benzene rings is 1. The second kappa shape index (κ2) is 10.2. The van der Waals surface area contributed by atoms with Gasteiger partial charge in [0.25, 0.3) is 0 Å². The lowest BCUT2D eigenvalue weighted by atomic mass is 10.1. The van der Waals surface area contributed by atoms with Gasteiger partial charge in [0.05, 0.1) is 30.7 Å². The summed E-state index contributed by atoms with van der Waals surface area (Å²) in [5, 5.41) is 3.42. The highest BCUT2D eigenvalue weighted by Crippen LogP contribution is 2.24. The van der Waals surface area contributed by atoms with Gasteiger partial charge in [0, 0.05) is 69.4 Å². The number of fused-ring (bicyclic) bond motifs is 1. The fourth-order valence-corrected chi connectivity index (χ4v) is 4.24. The Morgan fingerprint density at radius 2 is 1.94 bits per heavy atom. The predicted molar refractivity (Wildman–Crippen MR) is 141 cm³/mol. The molecule has 1 aromatic carbocycles. The van der Waals surface area contributed by atoms with Crippen LogP contribution in [0.1, 0.15) is 12.6 Å². The van der Waals surface area contributed by atoms with Crippen LogP contribution in [-0.4, -0.2) is 83.3 Å². The van der Waals surface area contributed by atoms with Crippen LogP contribution >= 0.6 is 0 Å². The molecule has 0 aliphatic carbocycles. The lowest BCUT2D eigenvalue weighted by Gasteiger charge is -2.43. The summed E-state index contributed by atoms with van der Waals surface area (Å²) in [6.07, 6.45) is 9.07. The van der Waals surface area contributed by atoms with Crippen molar-refractivity contribution in [1.29, 1.82) is 0 Å². The van der Waals surface area contributed by atoms with E-state index in [0.29, 0.717) is 23.4 Å². The van der Waals surface area contributed by atoms with E-state index in [1.54, 1.807) is 19.4 Å². The molecule has 0 bridgehead atoms. The summed E-state index contributed by atoms with van der Waals surface area (Å²) in [7, 11) is 1.64. The zero-order valence-electron chi connectivity index (χ0n) is 20.1. The summed E-state index contributed by atoms with van der Waals surface area (Å²) >= 11 is 0. The molecular weight excluding hydrogens is 442 g/mol. The Morgan fingerprint density at radius 1 is 1.17 bits per heavy atom. The average Bonchev–Trinajstić information content (AvgIpc) is 3.32. The molecule has 3 aromatic rings. The maximum Gasteiger partial charge on any atom is 0.180 e. The van der Waals surface area contributed by atoms with E-state index in [1.807, 2.05) is 29.8 Å². The van der Waals surface area contributed by atoms with Gasteiger partial charge in [-0.3, -0.25) is 14.9 Å². The fourth-order valence-electron chi connectivity index (χ4n) is 4.24. The van der Waals surface area contributed by atoms with Crippen LogP contribution in [0.15, 0.2) is 59.0 Å². The SMILES string of the molecule is C\N=C(N)/C(C)=N\C=C\c1cn2ccnc2c(Nc2ccc(N3CCN(C4COC4)CC3)cc2)n1. The average molecular weight is 474 g/mol. The van der Waals surface area contributed by atoms with E-state index >= 15 is 0 Å².